The molecule has 1 N–H and O–H groups in total. The summed E-state index contributed by atoms with van der Waals surface area (Å²) >= 11 is 7.64. The van der Waals surface area contributed by atoms with Crippen LogP contribution in [0.5, 0.6) is 5.75 Å². The normalized spacial score (nSPS) is 12.4. The highest BCUT2D eigenvalue weighted by Gasteiger charge is 2.14. The fourth-order valence-corrected chi connectivity index (χ4v) is 3.32. The Morgan fingerprint density at radius 2 is 2.18 bits per heavy atom. The van der Waals surface area contributed by atoms with Crippen LogP contribution in [0.2, 0.25) is 5.02 Å². The lowest BCUT2D eigenvalue weighted by molar-refractivity contribution is 0.386. The number of methoxy groups -OCH3 is 1. The first-order valence-corrected chi connectivity index (χ1v) is 7.83. The summed E-state index contributed by atoms with van der Waals surface area (Å²) in [5.41, 5.74) is 0.788. The number of hydrogen-bond acceptors (Lipinski definition) is 5. The number of anilines is 1. The summed E-state index contributed by atoms with van der Waals surface area (Å²) in [4.78, 5) is 9.24. The third-order valence-electron chi connectivity index (χ3n) is 3.35. The number of nitrogens with one attached hydrogen (secondary N) is 1. The molecule has 0 aliphatic rings. The topological polar surface area (TPSA) is 47.0 Å². The Bertz CT molecular complexity index is 824. The number of fused-ring (bicyclic) bond motifs is 1. The number of thiophene rings is 1. The van der Waals surface area contributed by atoms with Gasteiger partial charge in [-0.15, -0.1) is 11.3 Å². The molecule has 1 unspecified atom stereocenters. The highest BCUT2D eigenvalue weighted by molar-refractivity contribution is 7.17. The largest absolute Gasteiger partial charge is 0.494 e. The second-order valence-corrected chi connectivity index (χ2v) is 6.01. The van der Waals surface area contributed by atoms with Crippen LogP contribution in [-0.4, -0.2) is 17.1 Å². The molecule has 2 aromatic heterocycles. The van der Waals surface area contributed by atoms with Gasteiger partial charge in [0.05, 0.1) is 23.6 Å². The molecule has 0 fully saturated rings. The van der Waals surface area contributed by atoms with Crippen molar-refractivity contribution in [1.82, 2.24) is 9.97 Å². The van der Waals surface area contributed by atoms with Crippen molar-refractivity contribution in [3.05, 3.63) is 46.3 Å². The minimum atomic E-state index is -0.393. The minimum absolute atomic E-state index is 0.144. The van der Waals surface area contributed by atoms with Gasteiger partial charge in [0.15, 0.2) is 11.6 Å². The summed E-state index contributed by atoms with van der Waals surface area (Å²) in [6, 6.07) is 4.72. The van der Waals surface area contributed by atoms with Crippen LogP contribution in [0.1, 0.15) is 18.5 Å². The summed E-state index contributed by atoms with van der Waals surface area (Å²) in [5, 5.41) is 6.47. The number of nitrogens with zero attached hydrogens (tertiary/aromatic N) is 2. The number of rotatable bonds is 4. The van der Waals surface area contributed by atoms with E-state index in [1.54, 1.807) is 6.07 Å². The average molecular weight is 338 g/mol. The van der Waals surface area contributed by atoms with Crippen molar-refractivity contribution in [3.63, 3.8) is 0 Å². The second-order valence-electron chi connectivity index (χ2n) is 4.75. The Balaban J connectivity index is 1.91. The molecule has 0 bridgehead atoms. The van der Waals surface area contributed by atoms with Crippen LogP contribution in [0.15, 0.2) is 29.9 Å². The van der Waals surface area contributed by atoms with E-state index in [1.807, 2.05) is 18.4 Å². The summed E-state index contributed by atoms with van der Waals surface area (Å²) < 4.78 is 18.7. The molecule has 1 aromatic carbocycles. The summed E-state index contributed by atoms with van der Waals surface area (Å²) in [5.74, 6) is 0.469. The van der Waals surface area contributed by atoms with Gasteiger partial charge in [-0.05, 0) is 24.6 Å². The highest BCUT2D eigenvalue weighted by atomic mass is 35.5. The first-order valence-electron chi connectivity index (χ1n) is 6.58. The molecule has 4 nitrogen and oxygen atoms in total. The Morgan fingerprint density at radius 3 is 2.91 bits per heavy atom. The van der Waals surface area contributed by atoms with E-state index in [0.29, 0.717) is 10.8 Å². The van der Waals surface area contributed by atoms with Crippen LogP contribution in [0.4, 0.5) is 10.2 Å². The first-order chi connectivity index (χ1) is 10.6. The minimum Gasteiger partial charge on any atom is -0.494 e. The third-order valence-corrected chi connectivity index (χ3v) is 4.67. The van der Waals surface area contributed by atoms with Crippen LogP contribution in [0, 0.1) is 5.82 Å². The Morgan fingerprint density at radius 1 is 1.36 bits per heavy atom. The summed E-state index contributed by atoms with van der Waals surface area (Å²) in [6.07, 6.45) is 1.48. The molecule has 2 heterocycles. The fourth-order valence-electron chi connectivity index (χ4n) is 2.19. The van der Waals surface area contributed by atoms with E-state index in [9.17, 15) is 4.39 Å². The van der Waals surface area contributed by atoms with Crippen molar-refractivity contribution < 1.29 is 9.13 Å². The lowest BCUT2D eigenvalue weighted by Crippen LogP contribution is -2.09. The van der Waals surface area contributed by atoms with Gasteiger partial charge >= 0.3 is 0 Å². The van der Waals surface area contributed by atoms with Gasteiger partial charge in [-0.2, -0.15) is 0 Å². The molecule has 0 aliphatic heterocycles. The molecule has 0 saturated heterocycles. The van der Waals surface area contributed by atoms with E-state index < -0.39 is 5.82 Å². The Kier molecular flexibility index (Phi) is 4.13. The molecular formula is C15H13ClFN3OS. The Hall–Kier alpha value is -1.92. The predicted molar refractivity (Wildman–Crippen MR) is 87.4 cm³/mol. The van der Waals surface area contributed by atoms with E-state index >= 15 is 0 Å². The quantitative estimate of drug-likeness (QED) is 0.751. The van der Waals surface area contributed by atoms with Gasteiger partial charge in [0.25, 0.3) is 0 Å². The highest BCUT2D eigenvalue weighted by Crippen LogP contribution is 2.34. The molecule has 3 aromatic rings. The summed E-state index contributed by atoms with van der Waals surface area (Å²) in [6.45, 7) is 1.93. The standard InChI is InChI=1S/C15H13ClFN3OS/c1-8(9-3-4-12(21-2)11(17)5-9)20-14-13-10(16)6-22-15(13)19-7-18-14/h3-8H,1-2H3,(H,18,19,20). The van der Waals surface area contributed by atoms with Crippen LogP contribution < -0.4 is 10.1 Å². The van der Waals surface area contributed by atoms with Crippen molar-refractivity contribution >= 4 is 39.0 Å². The monoisotopic (exact) mass is 337 g/mol. The third kappa shape index (κ3) is 2.71. The second kappa shape index (κ2) is 6.06. The van der Waals surface area contributed by atoms with Crippen LogP contribution in [0.25, 0.3) is 10.2 Å². The SMILES string of the molecule is COc1ccc(C(C)Nc2ncnc3scc(Cl)c23)cc1F. The molecule has 22 heavy (non-hydrogen) atoms. The van der Waals surface area contributed by atoms with E-state index in [-0.39, 0.29) is 11.8 Å². The average Bonchev–Trinajstić information content (AvgIpc) is 2.89. The van der Waals surface area contributed by atoms with Gasteiger partial charge < -0.3 is 10.1 Å². The zero-order chi connectivity index (χ0) is 15.7. The smallest absolute Gasteiger partial charge is 0.165 e. The number of halogens is 2. The molecular weight excluding hydrogens is 325 g/mol. The molecule has 3 rings (SSSR count). The summed E-state index contributed by atoms with van der Waals surface area (Å²) in [7, 11) is 1.44. The molecule has 0 spiro atoms. The van der Waals surface area contributed by atoms with Crippen LogP contribution in [-0.2, 0) is 0 Å². The maximum absolute atomic E-state index is 13.8. The van der Waals surface area contributed by atoms with Gasteiger partial charge in [-0.1, -0.05) is 17.7 Å². The van der Waals surface area contributed by atoms with Crippen molar-refractivity contribution in [2.75, 3.05) is 12.4 Å². The van der Waals surface area contributed by atoms with Gasteiger partial charge in [0.2, 0.25) is 0 Å². The molecule has 7 heteroatoms. The fraction of sp³-hybridized carbons (Fsp3) is 0.200. The van der Waals surface area contributed by atoms with E-state index in [4.69, 9.17) is 16.3 Å². The van der Waals surface area contributed by atoms with Crippen molar-refractivity contribution in [3.8, 4) is 5.75 Å². The van der Waals surface area contributed by atoms with Gasteiger partial charge in [-0.3, -0.25) is 0 Å². The molecule has 1 atom stereocenters. The van der Waals surface area contributed by atoms with Gasteiger partial charge in [0, 0.05) is 5.38 Å². The zero-order valence-electron chi connectivity index (χ0n) is 11.9. The maximum atomic E-state index is 13.8. The predicted octanol–water partition coefficient (Wildman–Crippen LogP) is 4.67. The maximum Gasteiger partial charge on any atom is 0.165 e. The van der Waals surface area contributed by atoms with Crippen molar-refractivity contribution in [2.24, 2.45) is 0 Å². The number of benzene rings is 1. The van der Waals surface area contributed by atoms with E-state index in [0.717, 1.165) is 15.8 Å². The van der Waals surface area contributed by atoms with Crippen LogP contribution >= 0.6 is 22.9 Å². The van der Waals surface area contributed by atoms with E-state index in [2.05, 4.69) is 15.3 Å². The molecule has 0 amide bonds. The molecule has 114 valence electrons. The van der Waals surface area contributed by atoms with Gasteiger partial charge in [-0.25, -0.2) is 14.4 Å². The number of ether oxygens (including phenoxy) is 1. The lowest BCUT2D eigenvalue weighted by Gasteiger charge is -2.16. The van der Waals surface area contributed by atoms with Crippen molar-refractivity contribution in [1.29, 1.82) is 0 Å². The Labute approximate surface area is 135 Å². The lowest BCUT2D eigenvalue weighted by atomic mass is 10.1. The zero-order valence-corrected chi connectivity index (χ0v) is 13.5. The van der Waals surface area contributed by atoms with Crippen LogP contribution in [0.3, 0.4) is 0 Å². The molecule has 0 aliphatic carbocycles. The number of hydrogen-bond donors (Lipinski definition) is 1. The van der Waals surface area contributed by atoms with Gasteiger partial charge in [0.1, 0.15) is 17.0 Å². The van der Waals surface area contributed by atoms with E-state index in [1.165, 1.54) is 30.8 Å². The van der Waals surface area contributed by atoms with Crippen molar-refractivity contribution in [2.45, 2.75) is 13.0 Å². The molecule has 0 radical (unpaired) electrons. The first kappa shape index (κ1) is 15.0. The molecule has 0 saturated carbocycles. The number of aromatic nitrogens is 2.